The topological polar surface area (TPSA) is 97.0 Å². The van der Waals surface area contributed by atoms with Gasteiger partial charge in [-0.05, 0) is 88.0 Å². The maximum absolute atomic E-state index is 10.9. The molecule has 2 aliphatic heterocycles. The number of phenolic OH excluding ortho intramolecular Hbond substituents is 1. The molecule has 1 aromatic carbocycles. The Balaban J connectivity index is 1.31. The number of phenols is 1. The van der Waals surface area contributed by atoms with Gasteiger partial charge in [0.25, 0.3) is 0 Å². The van der Waals surface area contributed by atoms with Crippen molar-refractivity contribution in [2.75, 3.05) is 6.61 Å². The van der Waals surface area contributed by atoms with Gasteiger partial charge in [-0.3, -0.25) is 0 Å². The fourth-order valence-electron chi connectivity index (χ4n) is 5.18. The third-order valence-electron chi connectivity index (χ3n) is 7.40. The molecule has 1 unspecified atom stereocenters. The quantitative estimate of drug-likeness (QED) is 0.411. The number of hydrogen-bond acceptors (Lipinski definition) is 6. The van der Waals surface area contributed by atoms with Gasteiger partial charge in [0, 0.05) is 23.3 Å². The molecule has 5 N–H and O–H groups in total. The molecule has 4 atom stereocenters. The van der Waals surface area contributed by atoms with E-state index in [1.54, 1.807) is 6.07 Å². The summed E-state index contributed by atoms with van der Waals surface area (Å²) in [5, 5.41) is 24.3. The van der Waals surface area contributed by atoms with Crippen LogP contribution in [0.25, 0.3) is 0 Å². The van der Waals surface area contributed by atoms with Crippen LogP contribution >= 0.6 is 0 Å². The number of rotatable bonds is 7. The van der Waals surface area contributed by atoms with E-state index >= 15 is 0 Å². The van der Waals surface area contributed by atoms with Crippen molar-refractivity contribution in [1.82, 2.24) is 5.32 Å². The number of hydrogen-bond donors (Lipinski definition) is 4. The highest BCUT2D eigenvalue weighted by molar-refractivity contribution is 5.48. The molecule has 0 bridgehead atoms. The van der Waals surface area contributed by atoms with Gasteiger partial charge in [0.2, 0.25) is 0 Å². The lowest BCUT2D eigenvalue weighted by molar-refractivity contribution is 0.0167. The van der Waals surface area contributed by atoms with Crippen molar-refractivity contribution in [2.45, 2.75) is 102 Å². The lowest BCUT2D eigenvalue weighted by Crippen LogP contribution is -2.35. The number of aromatic hydroxyl groups is 1. The lowest BCUT2D eigenvalue weighted by Gasteiger charge is -2.24. The molecule has 0 amide bonds. The summed E-state index contributed by atoms with van der Waals surface area (Å²) in [6.45, 7) is 2.61. The standard InChI is InChI=1S/C30H42N2O4/c1-21-6-5-9-27(35-20-24-19-32-30(31)17-23(24)13-10-21)18-25(33)14-11-22-12-15-28(34)29(16-22)36-26-7-3-2-4-8-26/h12,15-17,19,21,25-27,30,32-34H,2-9,11,14,18,20,31H2,1H3/t21-,25+,27-,30?/m0/s1. The third kappa shape index (κ3) is 8.03. The van der Waals surface area contributed by atoms with E-state index in [1.807, 2.05) is 24.4 Å². The lowest BCUT2D eigenvalue weighted by atomic mass is 9.97. The number of benzene rings is 1. The van der Waals surface area contributed by atoms with Crippen LogP contribution in [0, 0.1) is 17.8 Å². The van der Waals surface area contributed by atoms with Crippen LogP contribution in [-0.2, 0) is 11.2 Å². The first-order valence-corrected chi connectivity index (χ1v) is 13.7. The smallest absolute Gasteiger partial charge is 0.161 e. The van der Waals surface area contributed by atoms with Gasteiger partial charge < -0.3 is 30.7 Å². The van der Waals surface area contributed by atoms with Crippen molar-refractivity contribution in [3.05, 3.63) is 47.2 Å². The molecule has 0 saturated heterocycles. The predicted molar refractivity (Wildman–Crippen MR) is 142 cm³/mol. The predicted octanol–water partition coefficient (Wildman–Crippen LogP) is 4.69. The van der Waals surface area contributed by atoms with Gasteiger partial charge in [-0.25, -0.2) is 0 Å². The van der Waals surface area contributed by atoms with Crippen LogP contribution in [-0.4, -0.2) is 41.3 Å². The number of aliphatic hydroxyl groups excluding tert-OH is 1. The second-order valence-electron chi connectivity index (χ2n) is 10.6. The minimum Gasteiger partial charge on any atom is -0.504 e. The number of nitrogens with two attached hydrogens (primary N) is 1. The summed E-state index contributed by atoms with van der Waals surface area (Å²) >= 11 is 0. The van der Waals surface area contributed by atoms with E-state index in [2.05, 4.69) is 24.1 Å². The first kappa shape index (κ1) is 26.6. The van der Waals surface area contributed by atoms with Gasteiger partial charge >= 0.3 is 0 Å². The number of aryl methyl sites for hydroxylation is 1. The van der Waals surface area contributed by atoms with Crippen LogP contribution < -0.4 is 15.8 Å². The van der Waals surface area contributed by atoms with Gasteiger partial charge in [-0.2, -0.15) is 0 Å². The molecule has 0 radical (unpaired) electrons. The zero-order valence-electron chi connectivity index (χ0n) is 21.5. The first-order chi connectivity index (χ1) is 17.5. The summed E-state index contributed by atoms with van der Waals surface area (Å²) in [6, 6.07) is 5.56. The fraction of sp³-hybridized carbons (Fsp3) is 0.600. The second-order valence-corrected chi connectivity index (χ2v) is 10.6. The zero-order chi connectivity index (χ0) is 25.3. The van der Waals surface area contributed by atoms with Crippen molar-refractivity contribution >= 4 is 0 Å². The Morgan fingerprint density at radius 3 is 2.83 bits per heavy atom. The minimum absolute atomic E-state index is 0.0203. The van der Waals surface area contributed by atoms with Gasteiger partial charge in [-0.15, -0.1) is 0 Å². The molecule has 196 valence electrons. The Hall–Kier alpha value is -2.46. The Bertz CT molecular complexity index is 986. The number of fused-ring (bicyclic) bond motifs is 1. The van der Waals surface area contributed by atoms with E-state index in [0.29, 0.717) is 31.1 Å². The molecule has 0 aromatic heterocycles. The van der Waals surface area contributed by atoms with E-state index in [4.69, 9.17) is 15.2 Å². The van der Waals surface area contributed by atoms with Crippen molar-refractivity contribution in [3.8, 4) is 23.3 Å². The van der Waals surface area contributed by atoms with Crippen molar-refractivity contribution < 1.29 is 19.7 Å². The number of nitrogens with one attached hydrogen (secondary N) is 1. The van der Waals surface area contributed by atoms with E-state index < -0.39 is 6.10 Å². The molecule has 1 aromatic rings. The van der Waals surface area contributed by atoms with E-state index in [1.165, 1.54) is 19.3 Å². The Labute approximate surface area is 215 Å². The summed E-state index contributed by atoms with van der Waals surface area (Å²) < 4.78 is 12.4. The van der Waals surface area contributed by atoms with Crippen LogP contribution in [0.3, 0.4) is 0 Å². The summed E-state index contributed by atoms with van der Waals surface area (Å²) in [7, 11) is 0. The number of dihydropyridines is 1. The SMILES string of the molecule is C[C@@H]1C#CC2=CC(N)NC=C2CO[C@H](C[C@H](O)CCc2ccc(O)c(OC3CCCCC3)c2)CCC1. The number of ether oxygens (including phenoxy) is 2. The van der Waals surface area contributed by atoms with Crippen molar-refractivity contribution in [3.63, 3.8) is 0 Å². The maximum atomic E-state index is 10.9. The van der Waals surface area contributed by atoms with E-state index in [0.717, 1.165) is 55.2 Å². The van der Waals surface area contributed by atoms with Crippen molar-refractivity contribution in [2.24, 2.45) is 11.7 Å². The molecule has 1 aliphatic carbocycles. The molecule has 2 heterocycles. The third-order valence-corrected chi connectivity index (χ3v) is 7.40. The summed E-state index contributed by atoms with van der Waals surface area (Å²) in [5.74, 6) is 7.71. The van der Waals surface area contributed by atoms with Gasteiger partial charge in [0.15, 0.2) is 11.5 Å². The second kappa shape index (κ2) is 13.2. The highest BCUT2D eigenvalue weighted by Gasteiger charge is 2.20. The average Bonchev–Trinajstić information content (AvgIpc) is 2.90. The van der Waals surface area contributed by atoms with Gasteiger partial charge in [-0.1, -0.05) is 31.3 Å². The van der Waals surface area contributed by atoms with Crippen LogP contribution in [0.2, 0.25) is 0 Å². The highest BCUT2D eigenvalue weighted by atomic mass is 16.5. The molecule has 6 heteroatoms. The molecular formula is C30H42N2O4. The normalized spacial score (nSPS) is 26.1. The van der Waals surface area contributed by atoms with Gasteiger partial charge in [0.05, 0.1) is 31.1 Å². The molecule has 1 saturated carbocycles. The monoisotopic (exact) mass is 494 g/mol. The fourth-order valence-corrected chi connectivity index (χ4v) is 5.18. The Morgan fingerprint density at radius 2 is 2.00 bits per heavy atom. The molecule has 36 heavy (non-hydrogen) atoms. The Kier molecular flexibility index (Phi) is 9.75. The molecule has 3 aliphatic rings. The van der Waals surface area contributed by atoms with Crippen LogP contribution in [0.1, 0.15) is 76.7 Å². The highest BCUT2D eigenvalue weighted by Crippen LogP contribution is 2.32. The van der Waals surface area contributed by atoms with Gasteiger partial charge in [0.1, 0.15) is 0 Å². The molecule has 0 spiro atoms. The molecule has 1 fully saturated rings. The summed E-state index contributed by atoms with van der Waals surface area (Å²) in [5.41, 5.74) is 9.02. The van der Waals surface area contributed by atoms with E-state index in [-0.39, 0.29) is 24.1 Å². The Morgan fingerprint density at radius 1 is 1.17 bits per heavy atom. The van der Waals surface area contributed by atoms with E-state index in [9.17, 15) is 10.2 Å². The van der Waals surface area contributed by atoms with Crippen molar-refractivity contribution in [1.29, 1.82) is 0 Å². The van der Waals surface area contributed by atoms with Crippen LogP contribution in [0.4, 0.5) is 0 Å². The maximum Gasteiger partial charge on any atom is 0.161 e. The van der Waals surface area contributed by atoms with Crippen LogP contribution in [0.15, 0.2) is 41.6 Å². The summed E-state index contributed by atoms with van der Waals surface area (Å²) in [4.78, 5) is 0. The number of aliphatic hydroxyl groups is 1. The molecule has 6 nitrogen and oxygen atoms in total. The molecule has 4 rings (SSSR count). The minimum atomic E-state index is -0.466. The first-order valence-electron chi connectivity index (χ1n) is 13.7. The zero-order valence-corrected chi connectivity index (χ0v) is 21.5. The molecular weight excluding hydrogens is 452 g/mol. The largest absolute Gasteiger partial charge is 0.504 e. The van der Waals surface area contributed by atoms with Crippen LogP contribution in [0.5, 0.6) is 11.5 Å². The average molecular weight is 495 g/mol. The summed E-state index contributed by atoms with van der Waals surface area (Å²) in [6.07, 6.45) is 13.9.